The minimum atomic E-state index is 0.656. The van der Waals surface area contributed by atoms with Crippen LogP contribution < -0.4 is 5.32 Å². The zero-order valence-electron chi connectivity index (χ0n) is 13.9. The highest BCUT2D eigenvalue weighted by molar-refractivity contribution is 6.25. The maximum absolute atomic E-state index is 4.76. The van der Waals surface area contributed by atoms with Gasteiger partial charge < -0.3 is 5.32 Å². The predicted octanol–water partition coefficient (Wildman–Crippen LogP) is 4.18. The molecule has 4 rings (SSSR count). The van der Waals surface area contributed by atoms with Crippen molar-refractivity contribution < 1.29 is 0 Å². The Balaban J connectivity index is 1.59. The van der Waals surface area contributed by atoms with E-state index in [2.05, 4.69) is 41.7 Å². The van der Waals surface area contributed by atoms with Gasteiger partial charge in [0, 0.05) is 11.1 Å². The summed E-state index contributed by atoms with van der Waals surface area (Å²) in [5.74, 6) is 1.79. The molecule has 0 radical (unpaired) electrons. The van der Waals surface area contributed by atoms with Crippen LogP contribution in [-0.4, -0.2) is 11.7 Å². The Hall–Kier alpha value is -3.20. The summed E-state index contributed by atoms with van der Waals surface area (Å²) in [6, 6.07) is 28.8. The molecule has 0 spiro atoms. The predicted molar refractivity (Wildman–Crippen MR) is 103 cm³/mol. The van der Waals surface area contributed by atoms with Gasteiger partial charge in [-0.05, 0) is 11.1 Å². The lowest BCUT2D eigenvalue weighted by Gasteiger charge is -2.02. The van der Waals surface area contributed by atoms with Gasteiger partial charge in [0.2, 0.25) is 0 Å². The number of amidine groups is 2. The van der Waals surface area contributed by atoms with Crippen molar-refractivity contribution in [3.8, 4) is 0 Å². The molecule has 1 N–H and O–H groups in total. The van der Waals surface area contributed by atoms with Crippen LogP contribution in [0.25, 0.3) is 0 Å². The maximum atomic E-state index is 4.76. The van der Waals surface area contributed by atoms with E-state index in [1.54, 1.807) is 0 Å². The van der Waals surface area contributed by atoms with Crippen LogP contribution in [0.2, 0.25) is 0 Å². The first kappa shape index (κ1) is 15.3. The van der Waals surface area contributed by atoms with Crippen molar-refractivity contribution in [2.45, 2.75) is 13.1 Å². The van der Waals surface area contributed by atoms with Crippen LogP contribution in [-0.2, 0) is 13.1 Å². The Morgan fingerprint density at radius 3 is 1.36 bits per heavy atom. The van der Waals surface area contributed by atoms with Gasteiger partial charge in [-0.25, -0.2) is 0 Å². The number of hydrogen-bond donors (Lipinski definition) is 1. The lowest BCUT2D eigenvalue weighted by atomic mass is 10.1. The third kappa shape index (κ3) is 3.50. The molecule has 0 saturated heterocycles. The SMILES string of the molecule is c1ccc(CN=C2NC(=NCc3ccccc3)c3ccccc32)cc1. The molecule has 1 heterocycles. The van der Waals surface area contributed by atoms with Crippen LogP contribution in [0.15, 0.2) is 94.9 Å². The first-order valence-corrected chi connectivity index (χ1v) is 8.44. The molecule has 25 heavy (non-hydrogen) atoms. The smallest absolute Gasteiger partial charge is 0.134 e. The van der Waals surface area contributed by atoms with Crippen LogP contribution in [0.5, 0.6) is 0 Å². The fraction of sp³-hybridized carbons (Fsp3) is 0.0909. The molecule has 3 aromatic rings. The minimum Gasteiger partial charge on any atom is -0.324 e. The number of benzene rings is 3. The van der Waals surface area contributed by atoms with Crippen molar-refractivity contribution in [2.24, 2.45) is 9.98 Å². The summed E-state index contributed by atoms with van der Waals surface area (Å²) in [6.07, 6.45) is 0. The van der Waals surface area contributed by atoms with Crippen molar-refractivity contribution in [3.63, 3.8) is 0 Å². The fourth-order valence-corrected chi connectivity index (χ4v) is 2.90. The first-order chi connectivity index (χ1) is 12.4. The van der Waals surface area contributed by atoms with E-state index in [9.17, 15) is 0 Å². The van der Waals surface area contributed by atoms with Crippen LogP contribution in [0, 0.1) is 0 Å². The van der Waals surface area contributed by atoms with Crippen LogP contribution in [0.1, 0.15) is 22.3 Å². The van der Waals surface area contributed by atoms with E-state index in [1.165, 1.54) is 11.1 Å². The normalized spacial score (nSPS) is 16.0. The molecule has 122 valence electrons. The molecule has 0 fully saturated rings. The Kier molecular flexibility index (Phi) is 4.38. The van der Waals surface area contributed by atoms with E-state index in [0.29, 0.717) is 13.1 Å². The van der Waals surface area contributed by atoms with Gasteiger partial charge in [-0.1, -0.05) is 84.9 Å². The lowest BCUT2D eigenvalue weighted by molar-refractivity contribution is 1.04. The molecule has 3 nitrogen and oxygen atoms in total. The fourth-order valence-electron chi connectivity index (χ4n) is 2.90. The average Bonchev–Trinajstić information content (AvgIpc) is 3.04. The standard InChI is InChI=1S/C22H19N3/c1-3-9-17(10-4-1)15-23-21-19-13-7-8-14-20(19)22(25-21)24-16-18-11-5-2-6-12-18/h1-14H,15-16H2,(H,23,24,25). The van der Waals surface area contributed by atoms with E-state index in [-0.39, 0.29) is 0 Å². The zero-order chi connectivity index (χ0) is 16.9. The lowest BCUT2D eigenvalue weighted by Crippen LogP contribution is -2.23. The Bertz CT molecular complexity index is 836. The summed E-state index contributed by atoms with van der Waals surface area (Å²) in [7, 11) is 0. The largest absolute Gasteiger partial charge is 0.324 e. The van der Waals surface area contributed by atoms with Crippen molar-refractivity contribution in [2.75, 3.05) is 0 Å². The Morgan fingerprint density at radius 1 is 0.520 bits per heavy atom. The summed E-state index contributed by atoms with van der Waals surface area (Å²) in [5.41, 5.74) is 4.63. The van der Waals surface area contributed by atoms with Gasteiger partial charge in [0.1, 0.15) is 11.7 Å². The third-order valence-electron chi connectivity index (χ3n) is 4.20. The number of hydrogen-bond acceptors (Lipinski definition) is 2. The second-order valence-electron chi connectivity index (χ2n) is 5.97. The van der Waals surface area contributed by atoms with Gasteiger partial charge in [-0.3, -0.25) is 9.98 Å². The van der Waals surface area contributed by atoms with Crippen LogP contribution in [0.3, 0.4) is 0 Å². The van der Waals surface area contributed by atoms with Gasteiger partial charge in [0.05, 0.1) is 13.1 Å². The average molecular weight is 325 g/mol. The Morgan fingerprint density at radius 2 is 0.920 bits per heavy atom. The highest BCUT2D eigenvalue weighted by Crippen LogP contribution is 2.18. The second-order valence-corrected chi connectivity index (χ2v) is 5.97. The summed E-state index contributed by atoms with van der Waals surface area (Å²) >= 11 is 0. The van der Waals surface area contributed by atoms with Crippen molar-refractivity contribution in [3.05, 3.63) is 107 Å². The summed E-state index contributed by atoms with van der Waals surface area (Å²) in [5, 5.41) is 3.40. The quantitative estimate of drug-likeness (QED) is 0.767. The van der Waals surface area contributed by atoms with Gasteiger partial charge in [-0.15, -0.1) is 0 Å². The summed E-state index contributed by atoms with van der Waals surface area (Å²) in [6.45, 7) is 1.31. The highest BCUT2D eigenvalue weighted by atomic mass is 15.1. The molecule has 3 heteroatoms. The van der Waals surface area contributed by atoms with E-state index < -0.39 is 0 Å². The maximum Gasteiger partial charge on any atom is 0.134 e. The first-order valence-electron chi connectivity index (χ1n) is 8.44. The molecule has 3 aromatic carbocycles. The molecule has 0 atom stereocenters. The molecule has 0 bridgehead atoms. The Labute approximate surface area is 147 Å². The summed E-state index contributed by atoms with van der Waals surface area (Å²) < 4.78 is 0. The highest BCUT2D eigenvalue weighted by Gasteiger charge is 2.22. The number of aliphatic imine (C=N–C) groups is 2. The van der Waals surface area contributed by atoms with Gasteiger partial charge in [0.15, 0.2) is 0 Å². The van der Waals surface area contributed by atoms with Crippen molar-refractivity contribution >= 4 is 11.7 Å². The molecule has 0 unspecified atom stereocenters. The van der Waals surface area contributed by atoms with Crippen LogP contribution in [0.4, 0.5) is 0 Å². The van der Waals surface area contributed by atoms with Crippen LogP contribution >= 0.6 is 0 Å². The van der Waals surface area contributed by atoms with Gasteiger partial charge >= 0.3 is 0 Å². The number of fused-ring (bicyclic) bond motifs is 1. The zero-order valence-corrected chi connectivity index (χ0v) is 13.9. The number of nitrogens with zero attached hydrogens (tertiary/aromatic N) is 2. The van der Waals surface area contributed by atoms with Gasteiger partial charge in [-0.2, -0.15) is 0 Å². The van der Waals surface area contributed by atoms with Crippen molar-refractivity contribution in [1.82, 2.24) is 5.32 Å². The van der Waals surface area contributed by atoms with Crippen molar-refractivity contribution in [1.29, 1.82) is 0 Å². The van der Waals surface area contributed by atoms with E-state index in [4.69, 9.17) is 9.98 Å². The topological polar surface area (TPSA) is 36.8 Å². The second kappa shape index (κ2) is 7.14. The molecule has 0 saturated carbocycles. The molecule has 0 amide bonds. The van der Waals surface area contributed by atoms with Gasteiger partial charge in [0.25, 0.3) is 0 Å². The molecule has 1 aliphatic rings. The summed E-state index contributed by atoms with van der Waals surface area (Å²) in [4.78, 5) is 9.53. The number of nitrogens with one attached hydrogen (secondary N) is 1. The number of rotatable bonds is 4. The minimum absolute atomic E-state index is 0.656. The molecule has 0 aliphatic carbocycles. The van der Waals surface area contributed by atoms with E-state index in [0.717, 1.165) is 22.8 Å². The molecular formula is C22H19N3. The molecule has 0 aromatic heterocycles. The van der Waals surface area contributed by atoms with E-state index in [1.807, 2.05) is 48.5 Å². The third-order valence-corrected chi connectivity index (χ3v) is 4.20. The molecule has 1 aliphatic heterocycles. The van der Waals surface area contributed by atoms with E-state index >= 15 is 0 Å². The molecular weight excluding hydrogens is 306 g/mol. The monoisotopic (exact) mass is 325 g/mol.